The van der Waals surface area contributed by atoms with Gasteiger partial charge in [0, 0.05) is 0 Å². The van der Waals surface area contributed by atoms with Gasteiger partial charge in [0.2, 0.25) is 0 Å². The van der Waals surface area contributed by atoms with E-state index in [1.165, 1.54) is 12.8 Å². The van der Waals surface area contributed by atoms with Crippen LogP contribution in [-0.4, -0.2) is 8.44 Å². The Morgan fingerprint density at radius 2 is 2.00 bits per heavy atom. The Morgan fingerprint density at radius 1 is 1.33 bits per heavy atom. The Bertz CT molecular complexity index is 59.0. The van der Waals surface area contributed by atoms with Gasteiger partial charge >= 0.3 is 8.44 Å². The lowest BCUT2D eigenvalue weighted by Gasteiger charge is -1.95. The predicted octanol–water partition coefficient (Wildman–Crippen LogP) is 3.26. The van der Waals surface area contributed by atoms with Crippen LogP contribution in [0.3, 0.4) is 0 Å². The molecule has 55 valence electrons. The van der Waals surface area contributed by atoms with Gasteiger partial charge in [-0.1, -0.05) is 32.6 Å². The minimum absolute atomic E-state index is 0.617. The molecule has 0 aliphatic carbocycles. The lowest BCUT2D eigenvalue weighted by atomic mass is 10.2. The molecule has 0 spiro atoms. The van der Waals surface area contributed by atoms with E-state index in [0.717, 1.165) is 12.8 Å². The molecule has 0 bridgehead atoms. The summed E-state index contributed by atoms with van der Waals surface area (Å²) >= 11 is 5.19. The summed E-state index contributed by atoms with van der Waals surface area (Å²) in [5.74, 6) is 0. The normalized spacial score (nSPS) is 10.7. The molecule has 1 radical (unpaired) electrons. The van der Waals surface area contributed by atoms with Crippen molar-refractivity contribution in [3.63, 3.8) is 0 Å². The van der Waals surface area contributed by atoms with Crippen molar-refractivity contribution in [3.8, 4) is 0 Å². The monoisotopic (exact) mass is 167 g/mol. The van der Waals surface area contributed by atoms with Crippen molar-refractivity contribution in [2.24, 2.45) is 0 Å². The van der Waals surface area contributed by atoms with Crippen molar-refractivity contribution >= 4 is 19.5 Å². The molecule has 0 saturated carbocycles. The first-order valence-corrected chi connectivity index (χ1v) is 6.04. The van der Waals surface area contributed by atoms with Crippen LogP contribution in [0.4, 0.5) is 4.11 Å². The van der Waals surface area contributed by atoms with Crippen molar-refractivity contribution in [1.29, 1.82) is 0 Å². The van der Waals surface area contributed by atoms with Crippen molar-refractivity contribution < 1.29 is 4.11 Å². The summed E-state index contributed by atoms with van der Waals surface area (Å²) in [6.45, 7) is 2.14. The molecule has 0 amide bonds. The summed E-state index contributed by atoms with van der Waals surface area (Å²) in [7, 11) is -1.94. The standard InChI is InChI=1S/C6H13ClFSi/c1-2-3-4-5-6-9(7)8/h2-6H2,1H3. The second-order valence-corrected chi connectivity index (χ2v) is 4.56. The van der Waals surface area contributed by atoms with Gasteiger partial charge in [-0.3, -0.25) is 4.11 Å². The highest BCUT2D eigenvalue weighted by Crippen LogP contribution is 2.08. The largest absolute Gasteiger partial charge is 0.376 e. The fourth-order valence-electron chi connectivity index (χ4n) is 0.685. The lowest BCUT2D eigenvalue weighted by molar-refractivity contribution is 0.689. The van der Waals surface area contributed by atoms with Gasteiger partial charge < -0.3 is 0 Å². The second kappa shape index (κ2) is 6.56. The van der Waals surface area contributed by atoms with Crippen LogP contribution in [0.1, 0.15) is 32.6 Å². The van der Waals surface area contributed by atoms with Gasteiger partial charge in [-0.05, 0) is 6.04 Å². The van der Waals surface area contributed by atoms with E-state index in [2.05, 4.69) is 6.92 Å². The van der Waals surface area contributed by atoms with Crippen molar-refractivity contribution in [2.45, 2.75) is 38.7 Å². The molecule has 0 unspecified atom stereocenters. The van der Waals surface area contributed by atoms with Crippen molar-refractivity contribution in [3.05, 3.63) is 0 Å². The molecular weight excluding hydrogens is 155 g/mol. The topological polar surface area (TPSA) is 0 Å². The highest BCUT2D eigenvalue weighted by molar-refractivity contribution is 7.02. The molecule has 0 heterocycles. The highest BCUT2D eigenvalue weighted by atomic mass is 35.6. The summed E-state index contributed by atoms with van der Waals surface area (Å²) in [5, 5.41) is 0. The molecule has 0 aliphatic heterocycles. The van der Waals surface area contributed by atoms with Crippen LogP contribution in [0, 0.1) is 0 Å². The van der Waals surface area contributed by atoms with Crippen LogP contribution in [0.5, 0.6) is 0 Å². The van der Waals surface area contributed by atoms with Gasteiger partial charge in [0.25, 0.3) is 0 Å². The zero-order valence-electron chi connectivity index (χ0n) is 5.79. The summed E-state index contributed by atoms with van der Waals surface area (Å²) in [6, 6.07) is 0.617. The maximum absolute atomic E-state index is 12.0. The summed E-state index contributed by atoms with van der Waals surface area (Å²) < 4.78 is 12.0. The third-order valence-electron chi connectivity index (χ3n) is 1.22. The minimum Gasteiger partial charge on any atom is -0.293 e. The number of unbranched alkanes of at least 4 members (excludes halogenated alkanes) is 3. The molecule has 0 aromatic rings. The van der Waals surface area contributed by atoms with Crippen LogP contribution >= 0.6 is 11.1 Å². The lowest BCUT2D eigenvalue weighted by Crippen LogP contribution is -1.92. The van der Waals surface area contributed by atoms with E-state index >= 15 is 0 Å². The predicted molar refractivity (Wildman–Crippen MR) is 41.7 cm³/mol. The summed E-state index contributed by atoms with van der Waals surface area (Å²) in [5.41, 5.74) is 0. The Kier molecular flexibility index (Phi) is 6.87. The van der Waals surface area contributed by atoms with Crippen LogP contribution in [0.15, 0.2) is 0 Å². The Hall–Kier alpha value is 0.437. The third kappa shape index (κ3) is 8.44. The summed E-state index contributed by atoms with van der Waals surface area (Å²) in [4.78, 5) is 0. The van der Waals surface area contributed by atoms with Crippen LogP contribution in [0.2, 0.25) is 6.04 Å². The maximum atomic E-state index is 12.0. The van der Waals surface area contributed by atoms with E-state index in [-0.39, 0.29) is 0 Å². The smallest absolute Gasteiger partial charge is 0.293 e. The zero-order valence-corrected chi connectivity index (χ0v) is 7.55. The average molecular weight is 168 g/mol. The maximum Gasteiger partial charge on any atom is 0.376 e. The SMILES string of the molecule is CCCCCC[Si](F)Cl. The van der Waals surface area contributed by atoms with Crippen LogP contribution < -0.4 is 0 Å². The van der Waals surface area contributed by atoms with Crippen molar-refractivity contribution in [1.82, 2.24) is 0 Å². The molecule has 0 N–H and O–H groups in total. The molecule has 0 aromatic carbocycles. The number of rotatable bonds is 5. The van der Waals surface area contributed by atoms with Gasteiger partial charge in [-0.15, -0.1) is 11.1 Å². The Morgan fingerprint density at radius 3 is 2.44 bits per heavy atom. The van der Waals surface area contributed by atoms with E-state index < -0.39 is 8.44 Å². The third-order valence-corrected chi connectivity index (χ3v) is 2.52. The first-order valence-electron chi connectivity index (χ1n) is 3.44. The molecule has 3 heteroatoms. The number of halogens is 2. The molecule has 0 aromatic heterocycles. The van der Waals surface area contributed by atoms with Crippen molar-refractivity contribution in [2.75, 3.05) is 0 Å². The first kappa shape index (κ1) is 9.44. The molecule has 0 aliphatic rings. The van der Waals surface area contributed by atoms with Gasteiger partial charge in [0.05, 0.1) is 0 Å². The fraction of sp³-hybridized carbons (Fsp3) is 1.00. The molecule has 0 atom stereocenters. The van der Waals surface area contributed by atoms with Gasteiger partial charge in [-0.25, -0.2) is 0 Å². The van der Waals surface area contributed by atoms with Gasteiger partial charge in [0.15, 0.2) is 0 Å². The van der Waals surface area contributed by atoms with Gasteiger partial charge in [-0.2, -0.15) is 0 Å². The molecule has 0 nitrogen and oxygen atoms in total. The van der Waals surface area contributed by atoms with E-state index in [9.17, 15) is 4.11 Å². The van der Waals surface area contributed by atoms with Gasteiger partial charge in [0.1, 0.15) is 0 Å². The molecule has 9 heavy (non-hydrogen) atoms. The van der Waals surface area contributed by atoms with Crippen LogP contribution in [0.25, 0.3) is 0 Å². The second-order valence-electron chi connectivity index (χ2n) is 2.15. The first-order chi connectivity index (χ1) is 4.27. The molecule has 0 rings (SSSR count). The number of hydrogen-bond donors (Lipinski definition) is 0. The minimum atomic E-state index is -1.94. The summed E-state index contributed by atoms with van der Waals surface area (Å²) in [6.07, 6.45) is 4.53. The van der Waals surface area contributed by atoms with E-state index in [1.54, 1.807) is 0 Å². The molecule has 0 fully saturated rings. The molecular formula is C6H13ClFSi. The number of hydrogen-bond acceptors (Lipinski definition) is 0. The quantitative estimate of drug-likeness (QED) is 0.335. The Labute approximate surface area is 62.9 Å². The average Bonchev–Trinajstić information content (AvgIpc) is 1.80. The Balaban J connectivity index is 2.75. The van der Waals surface area contributed by atoms with Crippen LogP contribution in [-0.2, 0) is 0 Å². The van der Waals surface area contributed by atoms with E-state index in [0.29, 0.717) is 6.04 Å². The zero-order chi connectivity index (χ0) is 7.11. The van der Waals surface area contributed by atoms with E-state index in [4.69, 9.17) is 11.1 Å². The van der Waals surface area contributed by atoms with E-state index in [1.807, 2.05) is 0 Å². The molecule has 0 saturated heterocycles. The fourth-order valence-corrected chi connectivity index (χ4v) is 1.60. The highest BCUT2D eigenvalue weighted by Gasteiger charge is 2.03.